The molecule has 2 amide bonds. The molecule has 2 heterocycles. The molecule has 3 N–H and O–H groups in total. The molecule has 2 aromatic heterocycles. The third-order valence-electron chi connectivity index (χ3n) is 4.06. The first-order chi connectivity index (χ1) is 13.6. The summed E-state index contributed by atoms with van der Waals surface area (Å²) in [5.41, 5.74) is 7.44. The van der Waals surface area contributed by atoms with Gasteiger partial charge in [0, 0.05) is 17.3 Å². The molecule has 28 heavy (non-hydrogen) atoms. The van der Waals surface area contributed by atoms with Gasteiger partial charge in [0.25, 0.3) is 5.91 Å². The van der Waals surface area contributed by atoms with Crippen LogP contribution in [0.2, 0.25) is 0 Å². The maximum atomic E-state index is 12.2. The van der Waals surface area contributed by atoms with E-state index in [-0.39, 0.29) is 5.91 Å². The van der Waals surface area contributed by atoms with Crippen LogP contribution in [0.5, 0.6) is 0 Å². The minimum absolute atomic E-state index is 0.330. The van der Waals surface area contributed by atoms with Gasteiger partial charge in [0.05, 0.1) is 15.4 Å². The summed E-state index contributed by atoms with van der Waals surface area (Å²) < 4.78 is 0. The minimum Gasteiger partial charge on any atom is -0.368 e. The van der Waals surface area contributed by atoms with E-state index in [0.717, 1.165) is 21.0 Å². The molecule has 0 aliphatic carbocycles. The summed E-state index contributed by atoms with van der Waals surface area (Å²) in [4.78, 5) is 29.8. The summed E-state index contributed by atoms with van der Waals surface area (Å²) in [6.07, 6.45) is 2.22. The number of aromatic nitrogens is 1. The van der Waals surface area contributed by atoms with E-state index in [1.807, 2.05) is 30.3 Å². The Bertz CT molecular complexity index is 1030. The zero-order chi connectivity index (χ0) is 19.9. The topological polar surface area (TPSA) is 85.1 Å². The molecule has 6 heteroatoms. The fraction of sp³-hybridized carbons (Fsp3) is 0.136. The Morgan fingerprint density at radius 2 is 1.89 bits per heavy atom. The van der Waals surface area contributed by atoms with Crippen molar-refractivity contribution >= 4 is 23.2 Å². The molecule has 1 unspecified atom stereocenters. The summed E-state index contributed by atoms with van der Waals surface area (Å²) in [5.74, 6) is 5.36. The van der Waals surface area contributed by atoms with Crippen LogP contribution in [0.4, 0.5) is 0 Å². The number of nitrogens with one attached hydrogen (secondary N) is 1. The van der Waals surface area contributed by atoms with Gasteiger partial charge in [-0.2, -0.15) is 0 Å². The maximum absolute atomic E-state index is 12.2. The maximum Gasteiger partial charge on any atom is 0.251 e. The van der Waals surface area contributed by atoms with Crippen molar-refractivity contribution in [1.29, 1.82) is 0 Å². The van der Waals surface area contributed by atoms with Crippen molar-refractivity contribution < 1.29 is 9.59 Å². The number of hydrogen-bond donors (Lipinski definition) is 2. The lowest BCUT2D eigenvalue weighted by molar-refractivity contribution is -0.119. The zero-order valence-corrected chi connectivity index (χ0v) is 16.1. The Morgan fingerprint density at radius 3 is 2.54 bits per heavy atom. The number of amides is 2. The number of primary amides is 1. The van der Waals surface area contributed by atoms with E-state index in [0.29, 0.717) is 12.0 Å². The lowest BCUT2D eigenvalue weighted by Crippen LogP contribution is -2.43. The van der Waals surface area contributed by atoms with Crippen LogP contribution in [0.3, 0.4) is 0 Å². The average Bonchev–Trinajstić information content (AvgIpc) is 3.20. The third kappa shape index (κ3) is 4.84. The van der Waals surface area contributed by atoms with Gasteiger partial charge in [-0.3, -0.25) is 14.6 Å². The molecular formula is C22H19N3O2S. The van der Waals surface area contributed by atoms with Crippen molar-refractivity contribution in [3.05, 3.63) is 76.8 Å². The Labute approximate surface area is 167 Å². The molecule has 0 radical (unpaired) electrons. The summed E-state index contributed by atoms with van der Waals surface area (Å²) in [6, 6.07) is 16.0. The van der Waals surface area contributed by atoms with Gasteiger partial charge in [-0.15, -0.1) is 11.3 Å². The lowest BCUT2D eigenvalue weighted by Gasteiger charge is -2.13. The number of nitrogens with zero attached hydrogens (tertiary/aromatic N) is 1. The molecule has 1 atom stereocenters. The Hall–Kier alpha value is -3.43. The molecule has 0 aliphatic heterocycles. The molecule has 0 spiro atoms. The number of thiophene rings is 1. The monoisotopic (exact) mass is 389 g/mol. The quantitative estimate of drug-likeness (QED) is 0.657. The van der Waals surface area contributed by atoms with E-state index < -0.39 is 11.9 Å². The normalized spacial score (nSPS) is 11.2. The van der Waals surface area contributed by atoms with Gasteiger partial charge in [-0.25, -0.2) is 0 Å². The molecule has 0 fully saturated rings. The van der Waals surface area contributed by atoms with Crippen molar-refractivity contribution in [1.82, 2.24) is 10.3 Å². The van der Waals surface area contributed by atoms with Gasteiger partial charge >= 0.3 is 0 Å². The highest BCUT2D eigenvalue weighted by Gasteiger charge is 2.16. The SMILES string of the molecule is CCC(NC(=O)c1ccc(C#Cc2ccc(-c3ccccn3)s2)cc1)C(N)=O. The smallest absolute Gasteiger partial charge is 0.251 e. The number of carbonyl (C=O) groups is 2. The van der Waals surface area contributed by atoms with E-state index in [9.17, 15) is 9.59 Å². The van der Waals surface area contributed by atoms with Crippen LogP contribution in [-0.4, -0.2) is 22.8 Å². The molecule has 5 nitrogen and oxygen atoms in total. The molecule has 3 aromatic rings. The standard InChI is InChI=1S/C22H19N3O2S/c1-2-18(21(23)26)25-22(27)16-9-6-15(7-10-16)8-11-17-12-13-20(28-17)19-5-3-4-14-24-19/h3-7,9-10,12-14,18H,2H2,1H3,(H2,23,26)(H,25,27). The Kier molecular flexibility index (Phi) is 6.20. The second-order valence-corrected chi connectivity index (χ2v) is 7.13. The van der Waals surface area contributed by atoms with E-state index in [1.54, 1.807) is 48.7 Å². The summed E-state index contributed by atoms with van der Waals surface area (Å²) in [6.45, 7) is 1.79. The molecule has 0 aliphatic rings. The summed E-state index contributed by atoms with van der Waals surface area (Å²) in [7, 11) is 0. The summed E-state index contributed by atoms with van der Waals surface area (Å²) in [5, 5.41) is 2.62. The van der Waals surface area contributed by atoms with Gasteiger partial charge in [0.15, 0.2) is 0 Å². The number of nitrogens with two attached hydrogens (primary N) is 1. The van der Waals surface area contributed by atoms with Crippen LogP contribution in [-0.2, 0) is 4.79 Å². The van der Waals surface area contributed by atoms with Crippen molar-refractivity contribution in [2.24, 2.45) is 5.73 Å². The molecule has 0 saturated carbocycles. The lowest BCUT2D eigenvalue weighted by atomic mass is 10.1. The second kappa shape index (κ2) is 8.98. The van der Waals surface area contributed by atoms with Crippen molar-refractivity contribution in [2.75, 3.05) is 0 Å². The first-order valence-electron chi connectivity index (χ1n) is 8.80. The first kappa shape index (κ1) is 19.3. The Morgan fingerprint density at radius 1 is 1.11 bits per heavy atom. The second-order valence-electron chi connectivity index (χ2n) is 6.04. The van der Waals surface area contributed by atoms with E-state index in [1.165, 1.54) is 0 Å². The molecule has 140 valence electrons. The Balaban J connectivity index is 1.68. The highest BCUT2D eigenvalue weighted by Crippen LogP contribution is 2.25. The van der Waals surface area contributed by atoms with Crippen molar-refractivity contribution in [2.45, 2.75) is 19.4 Å². The number of pyridine rings is 1. The average molecular weight is 389 g/mol. The highest BCUT2D eigenvalue weighted by atomic mass is 32.1. The van der Waals surface area contributed by atoms with Crippen LogP contribution in [0, 0.1) is 11.8 Å². The van der Waals surface area contributed by atoms with Gasteiger partial charge in [0.1, 0.15) is 6.04 Å². The van der Waals surface area contributed by atoms with Gasteiger partial charge in [-0.1, -0.05) is 24.8 Å². The molecular weight excluding hydrogens is 370 g/mol. The van der Waals surface area contributed by atoms with Crippen LogP contribution in [0.15, 0.2) is 60.8 Å². The van der Waals surface area contributed by atoms with E-state index in [2.05, 4.69) is 22.1 Å². The first-order valence-corrected chi connectivity index (χ1v) is 9.62. The third-order valence-corrected chi connectivity index (χ3v) is 5.08. The van der Waals surface area contributed by atoms with Gasteiger partial charge in [-0.05, 0) is 55.0 Å². The van der Waals surface area contributed by atoms with Crippen LogP contribution >= 0.6 is 11.3 Å². The largest absolute Gasteiger partial charge is 0.368 e. The fourth-order valence-corrected chi connectivity index (χ4v) is 3.34. The highest BCUT2D eigenvalue weighted by molar-refractivity contribution is 7.16. The predicted octanol–water partition coefficient (Wildman–Crippen LogP) is 3.20. The predicted molar refractivity (Wildman–Crippen MR) is 111 cm³/mol. The van der Waals surface area contributed by atoms with Gasteiger partial charge < -0.3 is 11.1 Å². The number of hydrogen-bond acceptors (Lipinski definition) is 4. The number of carbonyl (C=O) groups excluding carboxylic acids is 2. The zero-order valence-electron chi connectivity index (χ0n) is 15.3. The summed E-state index contributed by atoms with van der Waals surface area (Å²) >= 11 is 1.58. The fourth-order valence-electron chi connectivity index (χ4n) is 2.51. The van der Waals surface area contributed by atoms with E-state index in [4.69, 9.17) is 5.73 Å². The van der Waals surface area contributed by atoms with Crippen LogP contribution in [0.25, 0.3) is 10.6 Å². The van der Waals surface area contributed by atoms with E-state index >= 15 is 0 Å². The van der Waals surface area contributed by atoms with Crippen molar-refractivity contribution in [3.8, 4) is 22.4 Å². The van der Waals surface area contributed by atoms with Crippen LogP contribution in [0.1, 0.15) is 34.1 Å². The van der Waals surface area contributed by atoms with Gasteiger partial charge in [0.2, 0.25) is 5.91 Å². The molecule has 3 rings (SSSR count). The minimum atomic E-state index is -0.668. The van der Waals surface area contributed by atoms with Crippen LogP contribution < -0.4 is 11.1 Å². The molecule has 1 aromatic carbocycles. The molecule has 0 saturated heterocycles. The number of benzene rings is 1. The van der Waals surface area contributed by atoms with Crippen molar-refractivity contribution in [3.63, 3.8) is 0 Å². The molecule has 0 bridgehead atoms. The number of rotatable bonds is 5.